The van der Waals surface area contributed by atoms with E-state index in [1.807, 2.05) is 19.1 Å². The molecule has 0 fully saturated rings. The SMILES string of the molecule is CCN(c1cccc(C)c1)c1ccc(CO)c(C)n1. The minimum Gasteiger partial charge on any atom is -0.392 e. The molecule has 19 heavy (non-hydrogen) atoms. The molecule has 3 heteroatoms. The third kappa shape index (κ3) is 2.93. The summed E-state index contributed by atoms with van der Waals surface area (Å²) in [5.41, 5.74) is 4.14. The third-order valence-electron chi connectivity index (χ3n) is 3.26. The topological polar surface area (TPSA) is 36.4 Å². The second-order valence-electron chi connectivity index (χ2n) is 4.66. The van der Waals surface area contributed by atoms with E-state index in [0.29, 0.717) is 0 Å². The van der Waals surface area contributed by atoms with Gasteiger partial charge in [0.05, 0.1) is 6.61 Å². The fraction of sp³-hybridized carbons (Fsp3) is 0.312. The molecule has 2 rings (SSSR count). The van der Waals surface area contributed by atoms with Gasteiger partial charge in [0.25, 0.3) is 0 Å². The smallest absolute Gasteiger partial charge is 0.133 e. The van der Waals surface area contributed by atoms with Crippen LogP contribution in [-0.4, -0.2) is 16.6 Å². The Morgan fingerprint density at radius 1 is 1.16 bits per heavy atom. The van der Waals surface area contributed by atoms with Gasteiger partial charge in [-0.2, -0.15) is 0 Å². The van der Waals surface area contributed by atoms with Crippen LogP contribution >= 0.6 is 0 Å². The van der Waals surface area contributed by atoms with Crippen LogP contribution in [0.3, 0.4) is 0 Å². The first-order valence-corrected chi connectivity index (χ1v) is 6.57. The maximum atomic E-state index is 9.20. The minimum atomic E-state index is 0.0374. The lowest BCUT2D eigenvalue weighted by Gasteiger charge is -2.23. The number of anilines is 2. The normalized spacial score (nSPS) is 10.5. The summed E-state index contributed by atoms with van der Waals surface area (Å²) in [7, 11) is 0. The molecule has 0 saturated carbocycles. The van der Waals surface area contributed by atoms with E-state index in [1.165, 1.54) is 5.56 Å². The van der Waals surface area contributed by atoms with E-state index in [1.54, 1.807) is 0 Å². The standard InChI is InChI=1S/C16H20N2O/c1-4-18(15-7-5-6-12(2)10-15)16-9-8-14(11-19)13(3)17-16/h5-10,19H,4,11H2,1-3H3. The highest BCUT2D eigenvalue weighted by atomic mass is 16.3. The summed E-state index contributed by atoms with van der Waals surface area (Å²) in [4.78, 5) is 6.75. The number of rotatable bonds is 4. The summed E-state index contributed by atoms with van der Waals surface area (Å²) in [6.07, 6.45) is 0. The molecular weight excluding hydrogens is 236 g/mol. The maximum Gasteiger partial charge on any atom is 0.133 e. The van der Waals surface area contributed by atoms with Crippen LogP contribution < -0.4 is 4.90 Å². The molecule has 0 bridgehead atoms. The van der Waals surface area contributed by atoms with Crippen molar-refractivity contribution < 1.29 is 5.11 Å². The van der Waals surface area contributed by atoms with Gasteiger partial charge in [-0.3, -0.25) is 0 Å². The molecule has 0 unspecified atom stereocenters. The molecule has 2 aromatic rings. The van der Waals surface area contributed by atoms with Gasteiger partial charge in [-0.25, -0.2) is 4.98 Å². The molecule has 1 aromatic heterocycles. The number of aromatic nitrogens is 1. The lowest BCUT2D eigenvalue weighted by atomic mass is 10.2. The Morgan fingerprint density at radius 2 is 1.95 bits per heavy atom. The van der Waals surface area contributed by atoms with Gasteiger partial charge in [-0.15, -0.1) is 0 Å². The summed E-state index contributed by atoms with van der Waals surface area (Å²) in [6.45, 7) is 7.02. The first-order chi connectivity index (χ1) is 9.15. The molecule has 0 aliphatic heterocycles. The van der Waals surface area contributed by atoms with Crippen LogP contribution in [0.25, 0.3) is 0 Å². The van der Waals surface area contributed by atoms with Crippen molar-refractivity contribution in [1.82, 2.24) is 4.98 Å². The summed E-state index contributed by atoms with van der Waals surface area (Å²) in [5, 5.41) is 9.20. The summed E-state index contributed by atoms with van der Waals surface area (Å²) in [6, 6.07) is 12.3. The predicted octanol–water partition coefficient (Wildman–Crippen LogP) is 3.35. The van der Waals surface area contributed by atoms with Crippen molar-refractivity contribution >= 4 is 11.5 Å². The predicted molar refractivity (Wildman–Crippen MR) is 78.8 cm³/mol. The summed E-state index contributed by atoms with van der Waals surface area (Å²) < 4.78 is 0. The second-order valence-corrected chi connectivity index (χ2v) is 4.66. The molecule has 0 radical (unpaired) electrons. The van der Waals surface area contributed by atoms with Gasteiger partial charge < -0.3 is 10.0 Å². The van der Waals surface area contributed by atoms with E-state index in [-0.39, 0.29) is 6.61 Å². The highest BCUT2D eigenvalue weighted by molar-refractivity contribution is 5.61. The molecule has 100 valence electrons. The molecule has 0 amide bonds. The average Bonchev–Trinajstić information content (AvgIpc) is 2.40. The number of aliphatic hydroxyl groups excluding tert-OH is 1. The van der Waals surface area contributed by atoms with Gasteiger partial charge in [0.2, 0.25) is 0 Å². The zero-order chi connectivity index (χ0) is 13.8. The van der Waals surface area contributed by atoms with E-state index in [9.17, 15) is 5.11 Å². The van der Waals surface area contributed by atoms with Gasteiger partial charge in [-0.05, 0) is 50.1 Å². The van der Waals surface area contributed by atoms with Crippen molar-refractivity contribution in [2.24, 2.45) is 0 Å². The van der Waals surface area contributed by atoms with Gasteiger partial charge in [0.1, 0.15) is 5.82 Å². The van der Waals surface area contributed by atoms with E-state index in [2.05, 4.69) is 48.0 Å². The number of hydrogen-bond acceptors (Lipinski definition) is 3. The molecule has 0 aliphatic rings. The Bertz CT molecular complexity index is 566. The number of hydrogen-bond donors (Lipinski definition) is 1. The highest BCUT2D eigenvalue weighted by Crippen LogP contribution is 2.25. The van der Waals surface area contributed by atoms with Gasteiger partial charge in [0, 0.05) is 17.9 Å². The molecule has 1 N–H and O–H groups in total. The highest BCUT2D eigenvalue weighted by Gasteiger charge is 2.10. The van der Waals surface area contributed by atoms with Crippen LogP contribution in [0.5, 0.6) is 0 Å². The molecule has 0 atom stereocenters. The van der Waals surface area contributed by atoms with Crippen LogP contribution in [0.1, 0.15) is 23.7 Å². The fourth-order valence-electron chi connectivity index (χ4n) is 2.17. The molecule has 1 aromatic carbocycles. The minimum absolute atomic E-state index is 0.0374. The molecule has 0 saturated heterocycles. The summed E-state index contributed by atoms with van der Waals surface area (Å²) in [5.74, 6) is 0.919. The van der Waals surface area contributed by atoms with Crippen molar-refractivity contribution in [2.45, 2.75) is 27.4 Å². The monoisotopic (exact) mass is 256 g/mol. The van der Waals surface area contributed by atoms with Gasteiger partial charge in [-0.1, -0.05) is 18.2 Å². The van der Waals surface area contributed by atoms with Crippen molar-refractivity contribution in [3.8, 4) is 0 Å². The Kier molecular flexibility index (Phi) is 4.17. The van der Waals surface area contributed by atoms with E-state index in [0.717, 1.165) is 29.3 Å². The zero-order valence-electron chi connectivity index (χ0n) is 11.7. The molecule has 1 heterocycles. The van der Waals surface area contributed by atoms with Crippen molar-refractivity contribution in [3.05, 3.63) is 53.2 Å². The Labute approximate surface area is 114 Å². The lowest BCUT2D eigenvalue weighted by molar-refractivity contribution is 0.280. The van der Waals surface area contributed by atoms with Crippen LogP contribution in [0.2, 0.25) is 0 Å². The third-order valence-corrected chi connectivity index (χ3v) is 3.26. The largest absolute Gasteiger partial charge is 0.392 e. The number of benzene rings is 1. The van der Waals surface area contributed by atoms with Gasteiger partial charge in [0.15, 0.2) is 0 Å². The summed E-state index contributed by atoms with van der Waals surface area (Å²) >= 11 is 0. The lowest BCUT2D eigenvalue weighted by Crippen LogP contribution is -2.18. The molecule has 3 nitrogen and oxygen atoms in total. The number of aryl methyl sites for hydroxylation is 2. The van der Waals surface area contributed by atoms with Crippen molar-refractivity contribution in [3.63, 3.8) is 0 Å². The van der Waals surface area contributed by atoms with E-state index >= 15 is 0 Å². The van der Waals surface area contributed by atoms with Crippen LogP contribution in [0.15, 0.2) is 36.4 Å². The number of aliphatic hydroxyl groups is 1. The molecule has 0 aliphatic carbocycles. The molecule has 0 spiro atoms. The quantitative estimate of drug-likeness (QED) is 0.911. The van der Waals surface area contributed by atoms with Crippen LogP contribution in [0, 0.1) is 13.8 Å². The van der Waals surface area contributed by atoms with E-state index in [4.69, 9.17) is 0 Å². The Hall–Kier alpha value is -1.87. The number of pyridine rings is 1. The van der Waals surface area contributed by atoms with Crippen molar-refractivity contribution in [1.29, 1.82) is 0 Å². The Morgan fingerprint density at radius 3 is 2.53 bits per heavy atom. The fourth-order valence-corrected chi connectivity index (χ4v) is 2.17. The molecular formula is C16H20N2O. The second kappa shape index (κ2) is 5.85. The van der Waals surface area contributed by atoms with Crippen LogP contribution in [0.4, 0.5) is 11.5 Å². The average molecular weight is 256 g/mol. The number of nitrogens with zero attached hydrogens (tertiary/aromatic N) is 2. The first kappa shape index (κ1) is 13.6. The Balaban J connectivity index is 2.39. The maximum absolute atomic E-state index is 9.20. The zero-order valence-corrected chi connectivity index (χ0v) is 11.7. The van der Waals surface area contributed by atoms with Crippen LogP contribution in [-0.2, 0) is 6.61 Å². The van der Waals surface area contributed by atoms with Gasteiger partial charge >= 0.3 is 0 Å². The first-order valence-electron chi connectivity index (χ1n) is 6.57. The van der Waals surface area contributed by atoms with Crippen molar-refractivity contribution in [2.75, 3.05) is 11.4 Å². The van der Waals surface area contributed by atoms with E-state index < -0.39 is 0 Å².